The molecule has 0 aliphatic rings. The lowest BCUT2D eigenvalue weighted by Crippen LogP contribution is -2.21. The van der Waals surface area contributed by atoms with E-state index in [4.69, 9.17) is 0 Å². The topological polar surface area (TPSA) is 54.4 Å². The first-order chi connectivity index (χ1) is 10.1. The van der Waals surface area contributed by atoms with Gasteiger partial charge in [-0.15, -0.1) is 0 Å². The third-order valence-corrected chi connectivity index (χ3v) is 3.75. The largest absolute Gasteiger partial charge is 0.272 e. The Labute approximate surface area is 128 Å². The van der Waals surface area contributed by atoms with E-state index < -0.39 is 0 Å². The molecule has 21 heavy (non-hydrogen) atoms. The van der Waals surface area contributed by atoms with Gasteiger partial charge in [0.25, 0.3) is 0 Å². The molecule has 0 saturated carbocycles. The Bertz CT molecular complexity index is 624. The highest BCUT2D eigenvalue weighted by Crippen LogP contribution is 2.13. The van der Waals surface area contributed by atoms with Crippen molar-refractivity contribution >= 4 is 23.4 Å². The lowest BCUT2D eigenvalue weighted by molar-refractivity contribution is -0.118. The third kappa shape index (κ3) is 5.04. The van der Waals surface area contributed by atoms with Crippen molar-refractivity contribution in [3.05, 3.63) is 59.8 Å². The summed E-state index contributed by atoms with van der Waals surface area (Å²) in [4.78, 5) is 15.9. The van der Waals surface area contributed by atoms with Crippen molar-refractivity contribution in [1.82, 2.24) is 10.4 Å². The van der Waals surface area contributed by atoms with E-state index >= 15 is 0 Å². The van der Waals surface area contributed by atoms with Crippen molar-refractivity contribution in [2.45, 2.75) is 18.9 Å². The molecule has 0 bridgehead atoms. The number of amides is 1. The summed E-state index contributed by atoms with van der Waals surface area (Å²) in [7, 11) is 0. The van der Waals surface area contributed by atoms with E-state index in [1.54, 1.807) is 6.20 Å². The van der Waals surface area contributed by atoms with Gasteiger partial charge in [-0.05, 0) is 31.5 Å². The van der Waals surface area contributed by atoms with Gasteiger partial charge in [-0.1, -0.05) is 47.7 Å². The molecule has 1 N–H and O–H groups in total. The van der Waals surface area contributed by atoms with E-state index in [9.17, 15) is 4.79 Å². The van der Waals surface area contributed by atoms with Gasteiger partial charge < -0.3 is 0 Å². The normalized spacial score (nSPS) is 11.2. The van der Waals surface area contributed by atoms with Crippen LogP contribution in [0.1, 0.15) is 18.1 Å². The maximum Gasteiger partial charge on any atom is 0.250 e. The summed E-state index contributed by atoms with van der Waals surface area (Å²) in [5.74, 6) is 0.152. The standard InChI is InChI=1S/C16H17N3OS/c1-12-6-8-14(9-7-12)13(2)18-19-15(20)11-21-16-5-3-4-10-17-16/h3-10H,11H2,1-2H3,(H,19,20)/b18-13+. The van der Waals surface area contributed by atoms with Crippen molar-refractivity contribution < 1.29 is 4.79 Å². The lowest BCUT2D eigenvalue weighted by atomic mass is 10.1. The molecule has 5 heteroatoms. The second-order valence-corrected chi connectivity index (χ2v) is 5.55. The Morgan fingerprint density at radius 2 is 2.00 bits per heavy atom. The molecule has 0 radical (unpaired) electrons. The molecule has 0 fully saturated rings. The van der Waals surface area contributed by atoms with Crippen molar-refractivity contribution in [2.75, 3.05) is 5.75 Å². The molecular formula is C16H17N3OS. The maximum absolute atomic E-state index is 11.7. The zero-order valence-corrected chi connectivity index (χ0v) is 12.9. The number of benzene rings is 1. The van der Waals surface area contributed by atoms with E-state index in [0.29, 0.717) is 5.75 Å². The molecule has 0 unspecified atom stereocenters. The fraction of sp³-hybridized carbons (Fsp3) is 0.188. The summed E-state index contributed by atoms with van der Waals surface area (Å²) in [6, 6.07) is 13.6. The number of hydrazone groups is 1. The zero-order chi connectivity index (χ0) is 15.1. The minimum Gasteiger partial charge on any atom is -0.272 e. The summed E-state index contributed by atoms with van der Waals surface area (Å²) in [6.07, 6.45) is 1.71. The van der Waals surface area contributed by atoms with Crippen molar-refractivity contribution in [3.8, 4) is 0 Å². The zero-order valence-electron chi connectivity index (χ0n) is 12.0. The van der Waals surface area contributed by atoms with Crippen molar-refractivity contribution in [2.24, 2.45) is 5.10 Å². The van der Waals surface area contributed by atoms with Crippen LogP contribution in [0.2, 0.25) is 0 Å². The molecule has 4 nitrogen and oxygen atoms in total. The Kier molecular flexibility index (Phi) is 5.51. The molecule has 0 spiro atoms. The number of pyridine rings is 1. The number of nitrogens with zero attached hydrogens (tertiary/aromatic N) is 2. The summed E-state index contributed by atoms with van der Waals surface area (Å²) in [5, 5.41) is 4.95. The monoisotopic (exact) mass is 299 g/mol. The summed E-state index contributed by atoms with van der Waals surface area (Å²) >= 11 is 1.39. The van der Waals surface area contributed by atoms with E-state index in [1.165, 1.54) is 17.3 Å². The fourth-order valence-corrected chi connectivity index (χ4v) is 2.26. The van der Waals surface area contributed by atoms with Crippen LogP contribution >= 0.6 is 11.8 Å². The van der Waals surface area contributed by atoms with Crippen LogP contribution in [0, 0.1) is 6.92 Å². The number of carbonyl (C=O) groups excluding carboxylic acids is 1. The summed E-state index contributed by atoms with van der Waals surface area (Å²) in [6.45, 7) is 3.91. The predicted molar refractivity (Wildman–Crippen MR) is 86.5 cm³/mol. The number of hydrogen-bond donors (Lipinski definition) is 1. The van der Waals surface area contributed by atoms with Gasteiger partial charge in [0.1, 0.15) is 0 Å². The van der Waals surface area contributed by atoms with Gasteiger partial charge in [0.05, 0.1) is 16.5 Å². The van der Waals surface area contributed by atoms with Gasteiger partial charge in [-0.2, -0.15) is 5.10 Å². The number of aromatic nitrogens is 1. The second kappa shape index (κ2) is 7.59. The lowest BCUT2D eigenvalue weighted by Gasteiger charge is -2.03. The van der Waals surface area contributed by atoms with E-state index in [1.807, 2.05) is 56.3 Å². The average molecular weight is 299 g/mol. The predicted octanol–water partition coefficient (Wildman–Crippen LogP) is 3.02. The van der Waals surface area contributed by atoms with Gasteiger partial charge in [0, 0.05) is 6.20 Å². The number of hydrogen-bond acceptors (Lipinski definition) is 4. The highest BCUT2D eigenvalue weighted by molar-refractivity contribution is 7.99. The SMILES string of the molecule is C/C(=N\NC(=O)CSc1ccccn1)c1ccc(C)cc1. The number of nitrogens with one attached hydrogen (secondary N) is 1. The Morgan fingerprint density at radius 1 is 1.24 bits per heavy atom. The first kappa shape index (κ1) is 15.3. The smallest absolute Gasteiger partial charge is 0.250 e. The van der Waals surface area contributed by atoms with E-state index in [-0.39, 0.29) is 5.91 Å². The molecule has 0 saturated heterocycles. The van der Waals surface area contributed by atoms with Crippen LogP contribution in [0.4, 0.5) is 0 Å². The Balaban J connectivity index is 1.85. The fourth-order valence-electron chi connectivity index (χ4n) is 1.61. The van der Waals surface area contributed by atoms with Crippen LogP contribution in [-0.2, 0) is 4.79 Å². The Hall–Kier alpha value is -2.14. The van der Waals surface area contributed by atoms with Crippen LogP contribution in [0.25, 0.3) is 0 Å². The quantitative estimate of drug-likeness (QED) is 0.524. The molecule has 2 rings (SSSR count). The number of carbonyl (C=O) groups is 1. The molecule has 108 valence electrons. The highest BCUT2D eigenvalue weighted by Gasteiger charge is 2.03. The number of aryl methyl sites for hydroxylation is 1. The van der Waals surface area contributed by atoms with Crippen LogP contribution in [0.3, 0.4) is 0 Å². The molecule has 2 aromatic rings. The second-order valence-electron chi connectivity index (χ2n) is 4.55. The third-order valence-electron chi connectivity index (χ3n) is 2.81. The minimum atomic E-state index is -0.142. The summed E-state index contributed by atoms with van der Waals surface area (Å²) < 4.78 is 0. The van der Waals surface area contributed by atoms with Gasteiger partial charge in [0.15, 0.2) is 0 Å². The molecular weight excluding hydrogens is 282 g/mol. The van der Waals surface area contributed by atoms with Crippen LogP contribution in [0.5, 0.6) is 0 Å². The molecule has 0 aliphatic carbocycles. The van der Waals surface area contributed by atoms with Gasteiger partial charge in [-0.3, -0.25) is 4.79 Å². The van der Waals surface area contributed by atoms with E-state index in [2.05, 4.69) is 15.5 Å². The van der Waals surface area contributed by atoms with Gasteiger partial charge in [0.2, 0.25) is 5.91 Å². The molecule has 0 atom stereocenters. The first-order valence-corrected chi connectivity index (χ1v) is 7.58. The van der Waals surface area contributed by atoms with Crippen LogP contribution in [-0.4, -0.2) is 22.4 Å². The maximum atomic E-state index is 11.7. The molecule has 0 aliphatic heterocycles. The average Bonchev–Trinajstić information content (AvgIpc) is 2.52. The van der Waals surface area contributed by atoms with Crippen molar-refractivity contribution in [3.63, 3.8) is 0 Å². The molecule has 1 aromatic carbocycles. The van der Waals surface area contributed by atoms with Crippen molar-refractivity contribution in [1.29, 1.82) is 0 Å². The number of thioether (sulfide) groups is 1. The van der Waals surface area contributed by atoms with Crippen LogP contribution in [0.15, 0.2) is 58.8 Å². The molecule has 1 aromatic heterocycles. The van der Waals surface area contributed by atoms with E-state index in [0.717, 1.165) is 16.3 Å². The Morgan fingerprint density at radius 3 is 2.67 bits per heavy atom. The minimum absolute atomic E-state index is 0.142. The number of rotatable bonds is 5. The van der Waals surface area contributed by atoms with Crippen LogP contribution < -0.4 is 5.43 Å². The van der Waals surface area contributed by atoms with Gasteiger partial charge >= 0.3 is 0 Å². The molecule has 1 heterocycles. The van der Waals surface area contributed by atoms with Gasteiger partial charge in [-0.25, -0.2) is 10.4 Å². The highest BCUT2D eigenvalue weighted by atomic mass is 32.2. The molecule has 1 amide bonds. The summed E-state index contributed by atoms with van der Waals surface area (Å²) in [5.41, 5.74) is 5.54. The first-order valence-electron chi connectivity index (χ1n) is 6.59.